The summed E-state index contributed by atoms with van der Waals surface area (Å²) in [7, 11) is 0. The summed E-state index contributed by atoms with van der Waals surface area (Å²) in [6.07, 6.45) is 7.20. The van der Waals surface area contributed by atoms with Crippen molar-refractivity contribution in [3.8, 4) is 0 Å². The summed E-state index contributed by atoms with van der Waals surface area (Å²) < 4.78 is 13.6. The monoisotopic (exact) mass is 333 g/mol. The van der Waals surface area contributed by atoms with Crippen LogP contribution in [0, 0.1) is 29.5 Å². The molecular formula is C19H24FNOS. The number of halogens is 1. The predicted octanol–water partition coefficient (Wildman–Crippen LogP) is 4.25. The largest absolute Gasteiger partial charge is 0.353 e. The van der Waals surface area contributed by atoms with Crippen LogP contribution >= 0.6 is 11.8 Å². The van der Waals surface area contributed by atoms with Crippen molar-refractivity contribution in [2.24, 2.45) is 23.7 Å². The molecule has 0 heterocycles. The number of carbonyl (C=O) groups excluding carboxylic acids is 1. The van der Waals surface area contributed by atoms with Crippen LogP contribution in [-0.2, 0) is 4.79 Å². The topological polar surface area (TPSA) is 29.1 Å². The Labute approximate surface area is 141 Å². The molecule has 0 unspecified atom stereocenters. The van der Waals surface area contributed by atoms with Crippen LogP contribution in [-0.4, -0.2) is 17.7 Å². The van der Waals surface area contributed by atoms with Crippen LogP contribution in [0.15, 0.2) is 29.2 Å². The zero-order valence-corrected chi connectivity index (χ0v) is 14.2. The Morgan fingerprint density at radius 3 is 2.39 bits per heavy atom. The van der Waals surface area contributed by atoms with Gasteiger partial charge in [0.25, 0.3) is 0 Å². The summed E-state index contributed by atoms with van der Waals surface area (Å²) in [6.45, 7) is 0. The van der Waals surface area contributed by atoms with E-state index in [0.717, 1.165) is 23.7 Å². The van der Waals surface area contributed by atoms with Gasteiger partial charge in [0.15, 0.2) is 0 Å². The molecule has 4 aliphatic rings. The molecule has 1 amide bonds. The summed E-state index contributed by atoms with van der Waals surface area (Å²) in [5.74, 6) is 3.89. The summed E-state index contributed by atoms with van der Waals surface area (Å²) >= 11 is 1.43. The highest BCUT2D eigenvalue weighted by Gasteiger charge is 2.48. The van der Waals surface area contributed by atoms with Crippen LogP contribution in [0.1, 0.15) is 38.5 Å². The van der Waals surface area contributed by atoms with Crippen LogP contribution in [0.2, 0.25) is 0 Å². The van der Waals surface area contributed by atoms with E-state index in [0.29, 0.717) is 23.1 Å². The van der Waals surface area contributed by atoms with Crippen molar-refractivity contribution in [2.45, 2.75) is 49.5 Å². The SMILES string of the molecule is O=C(CCSc1ccccc1F)NC1C2CC3CC(C2)CC1C3. The standard InChI is InChI=1S/C19H24FNOS/c20-16-3-1-2-4-17(16)23-6-5-18(22)21-19-14-8-12-7-13(10-14)11-15(19)9-12/h1-4,12-15,19H,5-11H2,(H,21,22). The number of carbonyl (C=O) groups is 1. The van der Waals surface area contributed by atoms with Crippen LogP contribution in [0.5, 0.6) is 0 Å². The van der Waals surface area contributed by atoms with Gasteiger partial charge in [0.1, 0.15) is 5.82 Å². The number of benzene rings is 1. The van der Waals surface area contributed by atoms with Crippen LogP contribution < -0.4 is 5.32 Å². The van der Waals surface area contributed by atoms with Crippen molar-refractivity contribution in [3.63, 3.8) is 0 Å². The summed E-state index contributed by atoms with van der Waals surface area (Å²) in [5.41, 5.74) is 0. The quantitative estimate of drug-likeness (QED) is 0.816. The van der Waals surface area contributed by atoms with Gasteiger partial charge in [-0.2, -0.15) is 0 Å². The van der Waals surface area contributed by atoms with Gasteiger partial charge in [-0.05, 0) is 67.9 Å². The molecule has 4 saturated carbocycles. The molecule has 23 heavy (non-hydrogen) atoms. The molecule has 0 radical (unpaired) electrons. The van der Waals surface area contributed by atoms with Crippen molar-refractivity contribution >= 4 is 17.7 Å². The third-order valence-corrected chi connectivity index (χ3v) is 7.03. The smallest absolute Gasteiger partial charge is 0.221 e. The Kier molecular flexibility index (Phi) is 4.35. The molecule has 1 aromatic carbocycles. The number of hydrogen-bond donors (Lipinski definition) is 1. The van der Waals surface area contributed by atoms with Gasteiger partial charge in [0, 0.05) is 23.1 Å². The van der Waals surface area contributed by atoms with E-state index < -0.39 is 0 Å². The number of nitrogens with one attached hydrogen (secondary N) is 1. The lowest BCUT2D eigenvalue weighted by atomic mass is 9.54. The molecule has 4 fully saturated rings. The first-order valence-electron chi connectivity index (χ1n) is 8.85. The van der Waals surface area contributed by atoms with Crippen LogP contribution in [0.3, 0.4) is 0 Å². The maximum atomic E-state index is 13.6. The molecule has 4 bridgehead atoms. The fourth-order valence-corrected chi connectivity index (χ4v) is 6.12. The first-order valence-corrected chi connectivity index (χ1v) is 9.84. The lowest BCUT2D eigenvalue weighted by molar-refractivity contribution is -0.124. The van der Waals surface area contributed by atoms with Gasteiger partial charge in [-0.15, -0.1) is 11.8 Å². The fraction of sp³-hybridized carbons (Fsp3) is 0.632. The normalized spacial score (nSPS) is 34.6. The summed E-state index contributed by atoms with van der Waals surface area (Å²) in [5, 5.41) is 3.32. The number of hydrogen-bond acceptors (Lipinski definition) is 2. The van der Waals surface area contributed by atoms with E-state index in [1.165, 1.54) is 49.9 Å². The van der Waals surface area contributed by atoms with Gasteiger partial charge in [-0.3, -0.25) is 4.79 Å². The van der Waals surface area contributed by atoms with Crippen molar-refractivity contribution < 1.29 is 9.18 Å². The van der Waals surface area contributed by atoms with E-state index in [1.807, 2.05) is 6.07 Å². The zero-order valence-electron chi connectivity index (χ0n) is 13.3. The third-order valence-electron chi connectivity index (χ3n) is 5.98. The van der Waals surface area contributed by atoms with E-state index in [4.69, 9.17) is 0 Å². The Bertz CT molecular complexity index is 562. The van der Waals surface area contributed by atoms with Gasteiger partial charge in [-0.25, -0.2) is 4.39 Å². The minimum absolute atomic E-state index is 0.145. The molecule has 0 spiro atoms. The van der Waals surface area contributed by atoms with Gasteiger partial charge in [-0.1, -0.05) is 12.1 Å². The van der Waals surface area contributed by atoms with E-state index >= 15 is 0 Å². The molecule has 0 saturated heterocycles. The Balaban J connectivity index is 1.27. The van der Waals surface area contributed by atoms with Gasteiger partial charge in [0.2, 0.25) is 5.91 Å². The highest BCUT2D eigenvalue weighted by molar-refractivity contribution is 7.99. The summed E-state index contributed by atoms with van der Waals surface area (Å²) in [6, 6.07) is 7.18. The minimum atomic E-state index is -0.195. The molecule has 0 aliphatic heterocycles. The maximum absolute atomic E-state index is 13.6. The molecule has 0 aromatic heterocycles. The highest BCUT2D eigenvalue weighted by atomic mass is 32.2. The van der Waals surface area contributed by atoms with Gasteiger partial charge in [0.05, 0.1) is 0 Å². The summed E-state index contributed by atoms with van der Waals surface area (Å²) in [4.78, 5) is 12.9. The molecule has 4 heteroatoms. The average molecular weight is 333 g/mol. The molecule has 0 atom stereocenters. The van der Waals surface area contributed by atoms with Crippen LogP contribution in [0.25, 0.3) is 0 Å². The molecule has 2 nitrogen and oxygen atoms in total. The van der Waals surface area contributed by atoms with Gasteiger partial charge >= 0.3 is 0 Å². The first kappa shape index (κ1) is 15.5. The average Bonchev–Trinajstić information content (AvgIpc) is 2.52. The lowest BCUT2D eigenvalue weighted by Crippen LogP contribution is -2.55. The van der Waals surface area contributed by atoms with Crippen molar-refractivity contribution in [1.82, 2.24) is 5.32 Å². The second-order valence-corrected chi connectivity index (χ2v) is 8.69. The number of rotatable bonds is 5. The number of amides is 1. The molecule has 124 valence electrons. The zero-order chi connectivity index (χ0) is 15.8. The van der Waals surface area contributed by atoms with Gasteiger partial charge < -0.3 is 5.32 Å². The van der Waals surface area contributed by atoms with E-state index in [9.17, 15) is 9.18 Å². The Hall–Kier alpha value is -1.03. The lowest BCUT2D eigenvalue weighted by Gasteiger charge is -2.54. The Morgan fingerprint density at radius 2 is 1.74 bits per heavy atom. The second-order valence-electron chi connectivity index (χ2n) is 7.55. The van der Waals surface area contributed by atoms with Crippen molar-refractivity contribution in [1.29, 1.82) is 0 Å². The highest BCUT2D eigenvalue weighted by Crippen LogP contribution is 2.53. The van der Waals surface area contributed by atoms with E-state index in [-0.39, 0.29) is 11.7 Å². The predicted molar refractivity (Wildman–Crippen MR) is 90.7 cm³/mol. The Morgan fingerprint density at radius 1 is 1.09 bits per heavy atom. The molecule has 1 N–H and O–H groups in total. The molecule has 5 rings (SSSR count). The maximum Gasteiger partial charge on any atom is 0.221 e. The van der Waals surface area contributed by atoms with Crippen LogP contribution in [0.4, 0.5) is 4.39 Å². The first-order chi connectivity index (χ1) is 11.2. The van der Waals surface area contributed by atoms with E-state index in [1.54, 1.807) is 12.1 Å². The minimum Gasteiger partial charge on any atom is -0.353 e. The molecular weight excluding hydrogens is 309 g/mol. The second kappa shape index (κ2) is 6.46. The van der Waals surface area contributed by atoms with Crippen molar-refractivity contribution in [2.75, 3.05) is 5.75 Å². The van der Waals surface area contributed by atoms with E-state index in [2.05, 4.69) is 5.32 Å². The molecule has 1 aromatic rings. The number of thioether (sulfide) groups is 1. The third kappa shape index (κ3) is 3.28. The fourth-order valence-electron chi connectivity index (χ4n) is 5.23. The molecule has 4 aliphatic carbocycles. The van der Waals surface area contributed by atoms with Crippen molar-refractivity contribution in [3.05, 3.63) is 30.1 Å².